The van der Waals surface area contributed by atoms with Crippen molar-refractivity contribution in [2.24, 2.45) is 5.41 Å². The number of nitrogens with zero attached hydrogens (tertiary/aromatic N) is 2. The van der Waals surface area contributed by atoms with Crippen molar-refractivity contribution in [1.82, 2.24) is 0 Å². The van der Waals surface area contributed by atoms with E-state index in [0.29, 0.717) is 24.1 Å². The van der Waals surface area contributed by atoms with Crippen molar-refractivity contribution in [3.05, 3.63) is 29.8 Å². The van der Waals surface area contributed by atoms with Gasteiger partial charge in [0.05, 0.1) is 16.7 Å². The Kier molecular flexibility index (Phi) is 5.48. The third kappa shape index (κ3) is 3.40. The molecule has 1 amide bonds. The molecule has 0 radical (unpaired) electrons. The van der Waals surface area contributed by atoms with Gasteiger partial charge in [0.2, 0.25) is 5.91 Å². The lowest BCUT2D eigenvalue weighted by Gasteiger charge is -2.28. The summed E-state index contributed by atoms with van der Waals surface area (Å²) in [6.45, 7) is 3.54. The highest BCUT2D eigenvalue weighted by atomic mass is 16.4. The highest BCUT2D eigenvalue weighted by Crippen LogP contribution is 2.32. The van der Waals surface area contributed by atoms with Gasteiger partial charge in [-0.3, -0.25) is 9.59 Å². The molecule has 0 aliphatic rings. The second-order valence-corrected chi connectivity index (χ2v) is 5.05. The molecule has 0 saturated carbocycles. The fourth-order valence-corrected chi connectivity index (χ4v) is 2.28. The van der Waals surface area contributed by atoms with Crippen molar-refractivity contribution in [3.8, 4) is 6.07 Å². The fourth-order valence-electron chi connectivity index (χ4n) is 2.28. The van der Waals surface area contributed by atoms with Crippen LogP contribution in [0.15, 0.2) is 24.3 Å². The van der Waals surface area contributed by atoms with Crippen LogP contribution in [0.2, 0.25) is 0 Å². The minimum absolute atomic E-state index is 0.0778. The first kappa shape index (κ1) is 16.7. The van der Waals surface area contributed by atoms with Crippen molar-refractivity contribution in [1.29, 1.82) is 5.26 Å². The summed E-state index contributed by atoms with van der Waals surface area (Å²) >= 11 is 0. The number of rotatable bonds is 6. The van der Waals surface area contributed by atoms with Crippen LogP contribution < -0.4 is 4.90 Å². The Bertz CT molecular complexity index is 571. The van der Waals surface area contributed by atoms with Crippen molar-refractivity contribution >= 4 is 17.6 Å². The SMILES string of the molecule is CCC(CC)(CC(=O)N(C)c1ccccc1C#N)C(=O)O. The Morgan fingerprint density at radius 3 is 2.33 bits per heavy atom. The predicted molar refractivity (Wildman–Crippen MR) is 79.8 cm³/mol. The average Bonchev–Trinajstić information content (AvgIpc) is 2.51. The van der Waals surface area contributed by atoms with Crippen LogP contribution in [0.3, 0.4) is 0 Å². The molecule has 0 spiro atoms. The molecule has 0 unspecified atom stereocenters. The van der Waals surface area contributed by atoms with Crippen LogP contribution in [0, 0.1) is 16.7 Å². The molecule has 0 aliphatic carbocycles. The molecule has 21 heavy (non-hydrogen) atoms. The summed E-state index contributed by atoms with van der Waals surface area (Å²) in [7, 11) is 1.57. The summed E-state index contributed by atoms with van der Waals surface area (Å²) in [5.74, 6) is -1.26. The highest BCUT2D eigenvalue weighted by molar-refractivity contribution is 5.96. The first-order valence-corrected chi connectivity index (χ1v) is 6.91. The Labute approximate surface area is 124 Å². The second kappa shape index (κ2) is 6.89. The lowest BCUT2D eigenvalue weighted by atomic mass is 9.79. The summed E-state index contributed by atoms with van der Waals surface area (Å²) in [4.78, 5) is 25.2. The van der Waals surface area contributed by atoms with Crippen LogP contribution in [0.1, 0.15) is 38.7 Å². The van der Waals surface area contributed by atoms with Gasteiger partial charge in [-0.15, -0.1) is 0 Å². The first-order chi connectivity index (χ1) is 9.91. The van der Waals surface area contributed by atoms with Gasteiger partial charge in [0.1, 0.15) is 6.07 Å². The van der Waals surface area contributed by atoms with Gasteiger partial charge in [-0.25, -0.2) is 0 Å². The fraction of sp³-hybridized carbons (Fsp3) is 0.438. The minimum atomic E-state index is -1.05. The normalized spacial score (nSPS) is 10.8. The monoisotopic (exact) mass is 288 g/mol. The van der Waals surface area contributed by atoms with Gasteiger partial charge >= 0.3 is 5.97 Å². The number of amides is 1. The zero-order chi connectivity index (χ0) is 16.0. The lowest BCUT2D eigenvalue weighted by Crippen LogP contribution is -2.38. The highest BCUT2D eigenvalue weighted by Gasteiger charge is 2.38. The zero-order valence-electron chi connectivity index (χ0n) is 12.6. The topological polar surface area (TPSA) is 81.4 Å². The molecule has 1 rings (SSSR count). The number of hydrogen-bond donors (Lipinski definition) is 1. The molecule has 5 nitrogen and oxygen atoms in total. The number of carboxylic acids is 1. The molecule has 5 heteroatoms. The Hall–Kier alpha value is -2.35. The molecule has 0 aromatic heterocycles. The number of carbonyl (C=O) groups excluding carboxylic acids is 1. The number of benzene rings is 1. The molecule has 1 aromatic carbocycles. The van der Waals surface area contributed by atoms with E-state index in [1.54, 1.807) is 45.2 Å². The molecule has 0 aliphatic heterocycles. The van der Waals surface area contributed by atoms with E-state index in [4.69, 9.17) is 5.26 Å². The molecule has 1 aromatic rings. The van der Waals surface area contributed by atoms with E-state index >= 15 is 0 Å². The molecule has 0 atom stereocenters. The van der Waals surface area contributed by atoms with Gasteiger partial charge in [-0.2, -0.15) is 5.26 Å². The summed E-state index contributed by atoms with van der Waals surface area (Å²) < 4.78 is 0. The van der Waals surface area contributed by atoms with Crippen molar-refractivity contribution in [2.75, 3.05) is 11.9 Å². The lowest BCUT2D eigenvalue weighted by molar-refractivity contribution is -0.152. The van der Waals surface area contributed by atoms with Gasteiger partial charge in [0, 0.05) is 13.5 Å². The largest absolute Gasteiger partial charge is 0.481 e. The number of hydrogen-bond acceptors (Lipinski definition) is 3. The molecule has 0 fully saturated rings. The predicted octanol–water partition coefficient (Wildman–Crippen LogP) is 2.80. The maximum atomic E-state index is 12.4. The third-order valence-electron chi connectivity index (χ3n) is 4.06. The van der Waals surface area contributed by atoms with Gasteiger partial charge in [-0.1, -0.05) is 26.0 Å². The molecule has 0 heterocycles. The van der Waals surface area contributed by atoms with Crippen LogP contribution in [-0.2, 0) is 9.59 Å². The minimum Gasteiger partial charge on any atom is -0.481 e. The zero-order valence-corrected chi connectivity index (χ0v) is 12.6. The number of aliphatic carboxylic acids is 1. The van der Waals surface area contributed by atoms with Gasteiger partial charge in [0.25, 0.3) is 0 Å². The Morgan fingerprint density at radius 2 is 1.86 bits per heavy atom. The number of nitriles is 1. The average molecular weight is 288 g/mol. The quantitative estimate of drug-likeness (QED) is 0.872. The van der Waals surface area contributed by atoms with Crippen LogP contribution in [0.4, 0.5) is 5.69 Å². The molecular weight excluding hydrogens is 268 g/mol. The number of para-hydroxylation sites is 1. The molecule has 0 saturated heterocycles. The number of carboxylic acid groups (broad SMARTS) is 1. The summed E-state index contributed by atoms with van der Waals surface area (Å²) in [5, 5.41) is 18.5. The summed E-state index contributed by atoms with van der Waals surface area (Å²) in [6.07, 6.45) is 0.697. The van der Waals surface area contributed by atoms with E-state index in [1.165, 1.54) is 4.90 Å². The smallest absolute Gasteiger partial charge is 0.310 e. The Balaban J connectivity index is 3.03. The van der Waals surface area contributed by atoms with Crippen LogP contribution in [0.5, 0.6) is 0 Å². The van der Waals surface area contributed by atoms with E-state index in [2.05, 4.69) is 0 Å². The van der Waals surface area contributed by atoms with Gasteiger partial charge < -0.3 is 10.0 Å². The van der Waals surface area contributed by atoms with E-state index < -0.39 is 11.4 Å². The maximum Gasteiger partial charge on any atom is 0.310 e. The molecule has 112 valence electrons. The Morgan fingerprint density at radius 1 is 1.29 bits per heavy atom. The van der Waals surface area contributed by atoms with E-state index in [-0.39, 0.29) is 12.3 Å². The van der Waals surface area contributed by atoms with Crippen LogP contribution in [0.25, 0.3) is 0 Å². The number of anilines is 1. The molecule has 1 N–H and O–H groups in total. The van der Waals surface area contributed by atoms with Crippen molar-refractivity contribution < 1.29 is 14.7 Å². The van der Waals surface area contributed by atoms with E-state index in [0.717, 1.165) is 0 Å². The van der Waals surface area contributed by atoms with Gasteiger partial charge in [-0.05, 0) is 25.0 Å². The maximum absolute atomic E-state index is 12.4. The summed E-state index contributed by atoms with van der Waals surface area (Å²) in [5.41, 5.74) is -0.161. The van der Waals surface area contributed by atoms with E-state index in [1.807, 2.05) is 6.07 Å². The standard InChI is InChI=1S/C16H20N2O3/c1-4-16(5-2,15(20)21)10-14(19)18(3)13-9-7-6-8-12(13)11-17/h6-9H,4-5,10H2,1-3H3,(H,20,21). The van der Waals surface area contributed by atoms with Crippen LogP contribution >= 0.6 is 0 Å². The first-order valence-electron chi connectivity index (χ1n) is 6.91. The van der Waals surface area contributed by atoms with Crippen molar-refractivity contribution in [3.63, 3.8) is 0 Å². The summed E-state index contributed by atoms with van der Waals surface area (Å²) in [6, 6.07) is 8.80. The van der Waals surface area contributed by atoms with Gasteiger partial charge in [0.15, 0.2) is 0 Å². The van der Waals surface area contributed by atoms with Crippen molar-refractivity contribution in [2.45, 2.75) is 33.1 Å². The van der Waals surface area contributed by atoms with E-state index in [9.17, 15) is 14.7 Å². The van der Waals surface area contributed by atoms with Crippen LogP contribution in [-0.4, -0.2) is 24.0 Å². The number of carbonyl (C=O) groups is 2. The molecule has 0 bridgehead atoms. The second-order valence-electron chi connectivity index (χ2n) is 5.05. The molecular formula is C16H20N2O3. The third-order valence-corrected chi connectivity index (χ3v) is 4.06.